The summed E-state index contributed by atoms with van der Waals surface area (Å²) in [7, 11) is 1.74. The van der Waals surface area contributed by atoms with Crippen molar-refractivity contribution < 1.29 is 42.2 Å². The number of hydrogen-bond acceptors (Lipinski definition) is 8. The van der Waals surface area contributed by atoms with Crippen molar-refractivity contribution in [2.24, 2.45) is 29.6 Å². The Morgan fingerprint density at radius 2 is 1.69 bits per heavy atom. The second kappa shape index (κ2) is 16.8. The van der Waals surface area contributed by atoms with Gasteiger partial charge in [0.1, 0.15) is 23.9 Å². The fraction of sp³-hybridized carbons (Fsp3) is 0.692. The minimum absolute atomic E-state index is 0.0111. The van der Waals surface area contributed by atoms with Gasteiger partial charge in [-0.15, -0.1) is 0 Å². The minimum Gasteiger partial charge on any atom is -0.460 e. The molecule has 2 N–H and O–H groups in total. The number of ether oxygens (including phenoxy) is 3. The van der Waals surface area contributed by atoms with Crippen LogP contribution in [0, 0.1) is 29.6 Å². The number of methoxy groups -OCH3 is 1. The maximum Gasteiger partial charge on any atom is 0.407 e. The Labute approximate surface area is 300 Å². The SMILES string of the molecule is CO[C@H]1CC[C@H]([C@@H]2CCN(C(=O)[C@H]3CC[C@H]([C@@H](CF)NC(=O)OC(C)(C)C)CC3)[C@@H]2C(=O)Nc2ccc3oc(C(=O)OCC(C)C)cc3c2)CC1. The van der Waals surface area contributed by atoms with Gasteiger partial charge in [-0.25, -0.2) is 14.0 Å². The third-order valence-corrected chi connectivity index (χ3v) is 10.7. The summed E-state index contributed by atoms with van der Waals surface area (Å²) in [5.41, 5.74) is 0.362. The molecule has 2 saturated carbocycles. The number of halogens is 1. The molecule has 0 radical (unpaired) electrons. The van der Waals surface area contributed by atoms with E-state index < -0.39 is 36.4 Å². The number of alkyl halides is 1. The van der Waals surface area contributed by atoms with Crippen molar-refractivity contribution >= 4 is 40.5 Å². The zero-order valence-corrected chi connectivity index (χ0v) is 31.0. The van der Waals surface area contributed by atoms with Crippen LogP contribution in [-0.4, -0.2) is 79.5 Å². The number of nitrogens with one attached hydrogen (secondary N) is 2. The van der Waals surface area contributed by atoms with Crippen LogP contribution in [0.2, 0.25) is 0 Å². The Morgan fingerprint density at radius 1 is 0.980 bits per heavy atom. The van der Waals surface area contributed by atoms with Gasteiger partial charge < -0.3 is 34.2 Å². The van der Waals surface area contributed by atoms with E-state index in [9.17, 15) is 23.6 Å². The average Bonchev–Trinajstić information content (AvgIpc) is 3.74. The first-order valence-electron chi connectivity index (χ1n) is 18.7. The minimum atomic E-state index is -0.710. The van der Waals surface area contributed by atoms with E-state index in [4.69, 9.17) is 18.6 Å². The molecule has 3 amide bonds. The van der Waals surface area contributed by atoms with E-state index in [-0.39, 0.29) is 54.0 Å². The number of nitrogens with zero attached hydrogens (tertiary/aromatic N) is 1. The Balaban J connectivity index is 1.28. The van der Waals surface area contributed by atoms with Crippen LogP contribution in [-0.2, 0) is 23.8 Å². The van der Waals surface area contributed by atoms with Crippen LogP contribution >= 0.6 is 0 Å². The van der Waals surface area contributed by atoms with E-state index in [1.165, 1.54) is 0 Å². The monoisotopic (exact) mass is 713 g/mol. The number of carbonyl (C=O) groups is 4. The summed E-state index contributed by atoms with van der Waals surface area (Å²) < 4.78 is 36.1. The van der Waals surface area contributed by atoms with Gasteiger partial charge in [-0.2, -0.15) is 0 Å². The molecule has 3 atom stereocenters. The molecule has 1 aromatic heterocycles. The lowest BCUT2D eigenvalue weighted by atomic mass is 9.75. The van der Waals surface area contributed by atoms with Crippen LogP contribution in [0.25, 0.3) is 11.0 Å². The summed E-state index contributed by atoms with van der Waals surface area (Å²) in [5.74, 6) is -0.594. The Hall–Kier alpha value is -3.67. The van der Waals surface area contributed by atoms with E-state index in [0.717, 1.165) is 32.1 Å². The molecule has 282 valence electrons. The Morgan fingerprint density at radius 3 is 2.31 bits per heavy atom. The van der Waals surface area contributed by atoms with Gasteiger partial charge in [0.15, 0.2) is 0 Å². The predicted molar refractivity (Wildman–Crippen MR) is 191 cm³/mol. The van der Waals surface area contributed by atoms with Crippen molar-refractivity contribution in [1.82, 2.24) is 10.2 Å². The van der Waals surface area contributed by atoms with Crippen molar-refractivity contribution in [3.63, 3.8) is 0 Å². The summed E-state index contributed by atoms with van der Waals surface area (Å²) in [4.78, 5) is 55.1. The van der Waals surface area contributed by atoms with Gasteiger partial charge >= 0.3 is 12.1 Å². The van der Waals surface area contributed by atoms with Gasteiger partial charge in [0.05, 0.1) is 18.8 Å². The second-order valence-electron chi connectivity index (χ2n) is 16.1. The second-order valence-corrected chi connectivity index (χ2v) is 16.1. The highest BCUT2D eigenvalue weighted by Gasteiger charge is 2.47. The standard InChI is InChI=1S/C39H56FN3O8/c1-23(2)22-49-37(46)33-20-27-19-28(13-16-32(27)50-33)41-35(44)34-30(24-11-14-29(48-6)15-12-24)17-18-43(34)36(45)26-9-7-25(8-10-26)31(21-40)42-38(47)51-39(3,4)5/h13,16,19-20,23-26,29-31,34H,7-12,14-15,17-18,21-22H2,1-6H3,(H,41,44)(H,42,47)/t24-,25-,26-,29-,30-,31+,34-/m0/s1. The number of likely N-dealkylation sites (tertiary alicyclic amines) is 1. The average molecular weight is 714 g/mol. The number of hydrogen-bond donors (Lipinski definition) is 2. The number of alkyl carbamates (subject to hydrolysis) is 1. The molecule has 0 unspecified atom stereocenters. The molecule has 51 heavy (non-hydrogen) atoms. The number of anilines is 1. The lowest BCUT2D eigenvalue weighted by Crippen LogP contribution is -2.50. The zero-order valence-electron chi connectivity index (χ0n) is 31.0. The highest BCUT2D eigenvalue weighted by Crippen LogP contribution is 2.42. The summed E-state index contributed by atoms with van der Waals surface area (Å²) >= 11 is 0. The predicted octanol–water partition coefficient (Wildman–Crippen LogP) is 7.28. The fourth-order valence-electron chi connectivity index (χ4n) is 8.14. The molecule has 11 nitrogen and oxygen atoms in total. The smallest absolute Gasteiger partial charge is 0.407 e. The van der Waals surface area contributed by atoms with Gasteiger partial charge in [-0.05, 0) is 126 Å². The van der Waals surface area contributed by atoms with Gasteiger partial charge in [0, 0.05) is 30.6 Å². The molecule has 2 aromatic rings. The number of fused-ring (bicyclic) bond motifs is 1. The summed E-state index contributed by atoms with van der Waals surface area (Å²) in [6, 6.07) is 5.52. The molecular weight excluding hydrogens is 657 g/mol. The maximum atomic E-state index is 14.2. The van der Waals surface area contributed by atoms with Crippen LogP contribution in [0.15, 0.2) is 28.7 Å². The van der Waals surface area contributed by atoms with Crippen molar-refractivity contribution in [3.8, 4) is 0 Å². The molecule has 0 bridgehead atoms. The van der Waals surface area contributed by atoms with Crippen LogP contribution in [0.1, 0.15) is 103 Å². The first-order valence-corrected chi connectivity index (χ1v) is 18.7. The fourth-order valence-corrected chi connectivity index (χ4v) is 8.14. The third kappa shape index (κ3) is 9.81. The molecule has 3 fully saturated rings. The van der Waals surface area contributed by atoms with E-state index >= 15 is 0 Å². The quantitative estimate of drug-likeness (QED) is 0.232. The first-order chi connectivity index (χ1) is 24.3. The zero-order chi connectivity index (χ0) is 36.9. The number of benzene rings is 1. The third-order valence-electron chi connectivity index (χ3n) is 10.7. The largest absolute Gasteiger partial charge is 0.460 e. The summed E-state index contributed by atoms with van der Waals surface area (Å²) in [6.45, 7) is 9.27. The van der Waals surface area contributed by atoms with Crippen molar-refractivity contribution in [2.45, 2.75) is 116 Å². The van der Waals surface area contributed by atoms with Gasteiger partial charge in [-0.1, -0.05) is 13.8 Å². The first kappa shape index (κ1) is 38.6. The molecule has 2 heterocycles. The Bertz CT molecular complexity index is 1520. The van der Waals surface area contributed by atoms with Crippen LogP contribution < -0.4 is 10.6 Å². The maximum absolute atomic E-state index is 14.2. The molecule has 5 rings (SSSR count). The molecule has 2 aliphatic carbocycles. The molecule has 1 aromatic carbocycles. The van der Waals surface area contributed by atoms with E-state index in [1.54, 1.807) is 57.0 Å². The van der Waals surface area contributed by atoms with Gasteiger partial charge in [-0.3, -0.25) is 9.59 Å². The van der Waals surface area contributed by atoms with Crippen LogP contribution in [0.5, 0.6) is 0 Å². The molecule has 1 saturated heterocycles. The Kier molecular flexibility index (Phi) is 12.7. The van der Waals surface area contributed by atoms with Crippen molar-refractivity contribution in [2.75, 3.05) is 32.3 Å². The molecule has 12 heteroatoms. The molecular formula is C39H56FN3O8. The van der Waals surface area contributed by atoms with Gasteiger partial charge in [0.25, 0.3) is 0 Å². The van der Waals surface area contributed by atoms with Crippen LogP contribution in [0.3, 0.4) is 0 Å². The number of furan rings is 1. The number of amides is 3. The lowest BCUT2D eigenvalue weighted by molar-refractivity contribution is -0.142. The highest BCUT2D eigenvalue weighted by atomic mass is 19.1. The summed E-state index contributed by atoms with van der Waals surface area (Å²) in [5, 5.41) is 6.43. The highest BCUT2D eigenvalue weighted by molar-refractivity contribution is 6.00. The number of carbonyl (C=O) groups excluding carboxylic acids is 4. The van der Waals surface area contributed by atoms with Crippen LogP contribution in [0.4, 0.5) is 14.9 Å². The van der Waals surface area contributed by atoms with Crippen molar-refractivity contribution in [1.29, 1.82) is 0 Å². The van der Waals surface area contributed by atoms with Gasteiger partial charge in [0.2, 0.25) is 17.6 Å². The topological polar surface area (TPSA) is 136 Å². The van der Waals surface area contributed by atoms with E-state index in [0.29, 0.717) is 54.8 Å². The van der Waals surface area contributed by atoms with Crippen molar-refractivity contribution in [3.05, 3.63) is 30.0 Å². The number of esters is 1. The molecule has 1 aliphatic heterocycles. The van der Waals surface area contributed by atoms with E-state index in [2.05, 4.69) is 10.6 Å². The summed E-state index contributed by atoms with van der Waals surface area (Å²) in [6.07, 6.45) is 6.35. The number of rotatable bonds is 11. The normalized spacial score (nSPS) is 26.2. The molecule has 0 spiro atoms. The molecule has 3 aliphatic rings. The van der Waals surface area contributed by atoms with E-state index in [1.807, 2.05) is 13.8 Å². The lowest BCUT2D eigenvalue weighted by Gasteiger charge is -2.38.